The molecule has 0 saturated heterocycles. The number of hydrogen-bond donors (Lipinski definition) is 3. The predicted molar refractivity (Wildman–Crippen MR) is 99.7 cm³/mol. The van der Waals surface area contributed by atoms with Crippen molar-refractivity contribution in [2.45, 2.75) is 19.8 Å². The van der Waals surface area contributed by atoms with Crippen LogP contribution in [0.15, 0.2) is 47.6 Å². The molecular weight excluding hydrogens is 334 g/mol. The number of hydrogen-bond acceptors (Lipinski definition) is 5. The Hall–Kier alpha value is -3.35. The minimum absolute atomic E-state index is 0.0276. The summed E-state index contributed by atoms with van der Waals surface area (Å²) in [6, 6.07) is 11.3. The normalized spacial score (nSPS) is 10.5. The third-order valence-electron chi connectivity index (χ3n) is 3.49. The third kappa shape index (κ3) is 5.34. The van der Waals surface area contributed by atoms with Gasteiger partial charge >= 0.3 is 0 Å². The summed E-state index contributed by atoms with van der Waals surface area (Å²) < 4.78 is 5.01. The number of ether oxygens (including phenoxy) is 1. The highest BCUT2D eigenvalue weighted by molar-refractivity contribution is 5.96. The maximum atomic E-state index is 12.1. The molecule has 136 valence electrons. The van der Waals surface area contributed by atoms with E-state index in [0.717, 1.165) is 6.42 Å². The lowest BCUT2D eigenvalue weighted by Gasteiger charge is -2.05. The van der Waals surface area contributed by atoms with Crippen molar-refractivity contribution in [2.75, 3.05) is 12.4 Å². The lowest BCUT2D eigenvalue weighted by atomic mass is 10.2. The largest absolute Gasteiger partial charge is 0.504 e. The number of phenolic OH excluding ortho intramolecular Hbond substituents is 1. The van der Waals surface area contributed by atoms with Gasteiger partial charge in [0.1, 0.15) is 0 Å². The third-order valence-corrected chi connectivity index (χ3v) is 3.49. The highest BCUT2D eigenvalue weighted by Crippen LogP contribution is 2.25. The number of nitrogens with one attached hydrogen (secondary N) is 2. The van der Waals surface area contributed by atoms with Crippen molar-refractivity contribution in [3.8, 4) is 11.5 Å². The van der Waals surface area contributed by atoms with Gasteiger partial charge in [-0.3, -0.25) is 9.59 Å². The van der Waals surface area contributed by atoms with Crippen LogP contribution in [0.5, 0.6) is 11.5 Å². The fourth-order valence-electron chi connectivity index (χ4n) is 2.16. The molecule has 0 spiro atoms. The average molecular weight is 355 g/mol. The topological polar surface area (TPSA) is 100 Å². The Labute approximate surface area is 151 Å². The number of nitrogens with zero attached hydrogens (tertiary/aromatic N) is 1. The van der Waals surface area contributed by atoms with Crippen molar-refractivity contribution in [1.29, 1.82) is 0 Å². The molecular formula is C19H21N3O4. The Balaban J connectivity index is 1.94. The van der Waals surface area contributed by atoms with Crippen molar-refractivity contribution in [1.82, 2.24) is 5.43 Å². The van der Waals surface area contributed by atoms with Crippen molar-refractivity contribution < 1.29 is 19.4 Å². The van der Waals surface area contributed by atoms with Gasteiger partial charge in [0, 0.05) is 17.7 Å². The molecule has 0 atom stereocenters. The highest BCUT2D eigenvalue weighted by atomic mass is 16.5. The van der Waals surface area contributed by atoms with E-state index in [4.69, 9.17) is 4.74 Å². The Morgan fingerprint density at radius 2 is 1.92 bits per heavy atom. The zero-order valence-corrected chi connectivity index (χ0v) is 14.7. The van der Waals surface area contributed by atoms with Crippen LogP contribution >= 0.6 is 0 Å². The zero-order chi connectivity index (χ0) is 18.9. The first-order valence-electron chi connectivity index (χ1n) is 8.13. The fraction of sp³-hybridized carbons (Fsp3) is 0.211. The Bertz CT molecular complexity index is 801. The van der Waals surface area contributed by atoms with Crippen LogP contribution in [0.3, 0.4) is 0 Å². The molecule has 0 bridgehead atoms. The van der Waals surface area contributed by atoms with Gasteiger partial charge in [-0.2, -0.15) is 5.10 Å². The minimum Gasteiger partial charge on any atom is -0.504 e. The number of rotatable bonds is 7. The van der Waals surface area contributed by atoms with E-state index in [1.54, 1.807) is 36.4 Å². The molecule has 0 saturated carbocycles. The van der Waals surface area contributed by atoms with Crippen molar-refractivity contribution >= 4 is 23.7 Å². The van der Waals surface area contributed by atoms with E-state index in [1.807, 2.05) is 6.92 Å². The summed E-state index contributed by atoms with van der Waals surface area (Å²) >= 11 is 0. The second-order valence-corrected chi connectivity index (χ2v) is 5.51. The summed E-state index contributed by atoms with van der Waals surface area (Å²) in [5.74, 6) is -0.0853. The molecule has 0 unspecified atom stereocenters. The van der Waals surface area contributed by atoms with Gasteiger partial charge in [-0.25, -0.2) is 5.43 Å². The molecule has 2 amide bonds. The molecule has 0 heterocycles. The SMILES string of the molecule is CCCC(=O)Nc1ccc(C(=O)NN=Cc2ccc(O)c(OC)c2)cc1. The number of benzene rings is 2. The first-order valence-corrected chi connectivity index (χ1v) is 8.13. The Morgan fingerprint density at radius 1 is 1.19 bits per heavy atom. The standard InChI is InChI=1S/C19H21N3O4/c1-3-4-18(24)21-15-8-6-14(7-9-15)19(25)22-20-12-13-5-10-16(23)17(11-13)26-2/h5-12,23H,3-4H2,1-2H3,(H,21,24)(H,22,25). The smallest absolute Gasteiger partial charge is 0.271 e. The molecule has 7 nitrogen and oxygen atoms in total. The average Bonchev–Trinajstić information content (AvgIpc) is 2.63. The number of amides is 2. The van der Waals surface area contributed by atoms with Crippen LogP contribution in [-0.4, -0.2) is 30.2 Å². The maximum absolute atomic E-state index is 12.1. The molecule has 2 aromatic carbocycles. The number of phenols is 1. The Kier molecular flexibility index (Phi) is 6.73. The quantitative estimate of drug-likeness (QED) is 0.525. The van der Waals surface area contributed by atoms with E-state index in [1.165, 1.54) is 19.4 Å². The van der Waals surface area contributed by atoms with Crippen LogP contribution in [0.25, 0.3) is 0 Å². The van der Waals surface area contributed by atoms with Crippen LogP contribution in [0.2, 0.25) is 0 Å². The van der Waals surface area contributed by atoms with Crippen molar-refractivity contribution in [2.24, 2.45) is 5.10 Å². The molecule has 2 rings (SSSR count). The molecule has 0 fully saturated rings. The fourth-order valence-corrected chi connectivity index (χ4v) is 2.16. The summed E-state index contributed by atoms with van der Waals surface area (Å²) in [7, 11) is 1.45. The summed E-state index contributed by atoms with van der Waals surface area (Å²) in [5, 5.41) is 16.2. The monoisotopic (exact) mass is 355 g/mol. The number of aromatic hydroxyl groups is 1. The van der Waals surface area contributed by atoms with Crippen LogP contribution < -0.4 is 15.5 Å². The van der Waals surface area contributed by atoms with E-state index < -0.39 is 0 Å². The summed E-state index contributed by atoms with van der Waals surface area (Å²) in [5.41, 5.74) is 4.14. The zero-order valence-electron chi connectivity index (χ0n) is 14.7. The first kappa shape index (κ1) is 19.0. The van der Waals surface area contributed by atoms with E-state index in [9.17, 15) is 14.7 Å². The van der Waals surface area contributed by atoms with Gasteiger partial charge in [0.25, 0.3) is 5.91 Å². The number of carbonyl (C=O) groups is 2. The second-order valence-electron chi connectivity index (χ2n) is 5.51. The van der Waals surface area contributed by atoms with Gasteiger partial charge in [0.05, 0.1) is 13.3 Å². The lowest BCUT2D eigenvalue weighted by Crippen LogP contribution is -2.17. The first-order chi connectivity index (χ1) is 12.5. The van der Waals surface area contributed by atoms with Gasteiger partial charge in [0.2, 0.25) is 5.91 Å². The van der Waals surface area contributed by atoms with Crippen LogP contribution in [0, 0.1) is 0 Å². The van der Waals surface area contributed by atoms with Crippen LogP contribution in [-0.2, 0) is 4.79 Å². The van der Waals surface area contributed by atoms with Gasteiger partial charge in [0.15, 0.2) is 11.5 Å². The predicted octanol–water partition coefficient (Wildman–Crippen LogP) is 2.90. The second kappa shape index (κ2) is 9.22. The number of hydrazone groups is 1. The Morgan fingerprint density at radius 3 is 2.58 bits per heavy atom. The van der Waals surface area contributed by atoms with Crippen molar-refractivity contribution in [3.63, 3.8) is 0 Å². The van der Waals surface area contributed by atoms with Crippen molar-refractivity contribution in [3.05, 3.63) is 53.6 Å². The molecule has 26 heavy (non-hydrogen) atoms. The van der Waals surface area contributed by atoms with E-state index in [2.05, 4.69) is 15.8 Å². The van der Waals surface area contributed by atoms with E-state index >= 15 is 0 Å². The van der Waals surface area contributed by atoms with Gasteiger partial charge in [-0.05, 0) is 54.4 Å². The number of carbonyl (C=O) groups excluding carboxylic acids is 2. The van der Waals surface area contributed by atoms with E-state index in [-0.39, 0.29) is 17.6 Å². The van der Waals surface area contributed by atoms with Gasteiger partial charge < -0.3 is 15.2 Å². The lowest BCUT2D eigenvalue weighted by molar-refractivity contribution is -0.116. The summed E-state index contributed by atoms with van der Waals surface area (Å²) in [6.45, 7) is 1.93. The number of anilines is 1. The minimum atomic E-state index is -0.376. The van der Waals surface area contributed by atoms with Crippen LogP contribution in [0.1, 0.15) is 35.7 Å². The molecule has 0 aliphatic heterocycles. The molecule has 3 N–H and O–H groups in total. The highest BCUT2D eigenvalue weighted by Gasteiger charge is 2.06. The van der Waals surface area contributed by atoms with Gasteiger partial charge in [-0.1, -0.05) is 6.92 Å². The maximum Gasteiger partial charge on any atom is 0.271 e. The summed E-state index contributed by atoms with van der Waals surface area (Å²) in [4.78, 5) is 23.6. The molecule has 2 aromatic rings. The number of methoxy groups -OCH3 is 1. The molecule has 0 radical (unpaired) electrons. The van der Waals surface area contributed by atoms with E-state index in [0.29, 0.717) is 29.0 Å². The van der Waals surface area contributed by atoms with Crippen LogP contribution in [0.4, 0.5) is 5.69 Å². The summed E-state index contributed by atoms with van der Waals surface area (Å²) in [6.07, 6.45) is 2.68. The van der Waals surface area contributed by atoms with Gasteiger partial charge in [-0.15, -0.1) is 0 Å². The molecule has 7 heteroatoms. The molecule has 0 aliphatic carbocycles. The molecule has 0 aromatic heterocycles. The molecule has 0 aliphatic rings.